The number of thioether (sulfide) groups is 1. The number of carbonyl (C=O) groups is 1. The summed E-state index contributed by atoms with van der Waals surface area (Å²) in [5.41, 5.74) is 5.58. The molecule has 0 aromatic carbocycles. The zero-order valence-electron chi connectivity index (χ0n) is 8.67. The molecule has 0 aromatic rings. The quantitative estimate of drug-likeness (QED) is 0.678. The van der Waals surface area contributed by atoms with Gasteiger partial charge in [0.1, 0.15) is 0 Å². The van der Waals surface area contributed by atoms with Crippen molar-refractivity contribution < 1.29 is 4.79 Å². The second-order valence-electron chi connectivity index (χ2n) is 3.21. The fraction of sp³-hybridized carbons (Fsp3) is 0.889. The molecule has 4 heteroatoms. The molecule has 0 saturated carbocycles. The molecule has 0 rings (SSSR count). The molecule has 0 aliphatic heterocycles. The lowest BCUT2D eigenvalue weighted by atomic mass is 10.2. The molecule has 1 unspecified atom stereocenters. The third-order valence-corrected chi connectivity index (χ3v) is 2.56. The van der Waals surface area contributed by atoms with Crippen molar-refractivity contribution in [1.82, 2.24) is 5.32 Å². The highest BCUT2D eigenvalue weighted by Crippen LogP contribution is 2.00. The monoisotopic (exact) mass is 204 g/mol. The van der Waals surface area contributed by atoms with Gasteiger partial charge in [-0.05, 0) is 31.8 Å². The minimum absolute atomic E-state index is 0.0314. The Morgan fingerprint density at radius 3 is 2.69 bits per heavy atom. The first-order valence-electron chi connectivity index (χ1n) is 4.66. The van der Waals surface area contributed by atoms with E-state index in [-0.39, 0.29) is 18.0 Å². The molecular formula is C9H20N2OS. The van der Waals surface area contributed by atoms with Gasteiger partial charge in [-0.15, -0.1) is 0 Å². The average Bonchev–Trinajstić information content (AvgIpc) is 2.13. The van der Waals surface area contributed by atoms with Crippen LogP contribution in [0.5, 0.6) is 0 Å². The summed E-state index contributed by atoms with van der Waals surface area (Å²) in [4.78, 5) is 11.3. The van der Waals surface area contributed by atoms with Crippen LogP contribution in [0.4, 0.5) is 0 Å². The first-order valence-corrected chi connectivity index (χ1v) is 6.06. The smallest absolute Gasteiger partial charge is 0.237 e. The van der Waals surface area contributed by atoms with Gasteiger partial charge in [0.15, 0.2) is 0 Å². The van der Waals surface area contributed by atoms with E-state index in [0.717, 1.165) is 12.2 Å². The maximum Gasteiger partial charge on any atom is 0.237 e. The van der Waals surface area contributed by atoms with Crippen molar-refractivity contribution in [2.45, 2.75) is 38.8 Å². The van der Waals surface area contributed by atoms with Gasteiger partial charge in [-0.2, -0.15) is 11.8 Å². The van der Waals surface area contributed by atoms with Gasteiger partial charge < -0.3 is 11.1 Å². The number of rotatable bonds is 6. The lowest BCUT2D eigenvalue weighted by molar-refractivity contribution is -0.123. The van der Waals surface area contributed by atoms with Gasteiger partial charge in [0.2, 0.25) is 5.91 Å². The molecule has 0 aliphatic carbocycles. The highest BCUT2D eigenvalue weighted by Gasteiger charge is 2.12. The van der Waals surface area contributed by atoms with E-state index in [2.05, 4.69) is 11.6 Å². The largest absolute Gasteiger partial charge is 0.352 e. The summed E-state index contributed by atoms with van der Waals surface area (Å²) in [6.45, 7) is 3.92. The second kappa shape index (κ2) is 7.21. The maximum atomic E-state index is 11.3. The van der Waals surface area contributed by atoms with Crippen molar-refractivity contribution in [2.24, 2.45) is 5.73 Å². The number of hydrogen-bond donors (Lipinski definition) is 2. The van der Waals surface area contributed by atoms with Crippen molar-refractivity contribution >= 4 is 17.7 Å². The van der Waals surface area contributed by atoms with Crippen LogP contribution < -0.4 is 11.1 Å². The van der Waals surface area contributed by atoms with Crippen LogP contribution in [0.2, 0.25) is 0 Å². The molecule has 0 spiro atoms. The number of carbonyl (C=O) groups excluding carboxylic acids is 1. The molecule has 78 valence electrons. The Bertz CT molecular complexity index is 153. The molecule has 2 atom stereocenters. The molecule has 0 heterocycles. The molecule has 3 N–H and O–H groups in total. The number of hydrogen-bond acceptors (Lipinski definition) is 3. The summed E-state index contributed by atoms with van der Waals surface area (Å²) in [5, 5.41) is 2.89. The van der Waals surface area contributed by atoms with Gasteiger partial charge >= 0.3 is 0 Å². The van der Waals surface area contributed by atoms with E-state index in [9.17, 15) is 4.79 Å². The minimum atomic E-state index is -0.350. The molecule has 0 saturated heterocycles. The van der Waals surface area contributed by atoms with Crippen LogP contribution in [0.3, 0.4) is 0 Å². The van der Waals surface area contributed by atoms with E-state index in [4.69, 9.17) is 5.73 Å². The summed E-state index contributed by atoms with van der Waals surface area (Å²) in [6, 6.07) is -0.116. The van der Waals surface area contributed by atoms with Gasteiger partial charge in [0.25, 0.3) is 0 Å². The summed E-state index contributed by atoms with van der Waals surface area (Å²) in [7, 11) is 0. The fourth-order valence-corrected chi connectivity index (χ4v) is 1.49. The molecule has 0 aromatic heterocycles. The predicted molar refractivity (Wildman–Crippen MR) is 58.9 cm³/mol. The van der Waals surface area contributed by atoms with E-state index >= 15 is 0 Å². The van der Waals surface area contributed by atoms with Crippen molar-refractivity contribution in [2.75, 3.05) is 12.0 Å². The molecule has 0 aliphatic rings. The second-order valence-corrected chi connectivity index (χ2v) is 4.19. The van der Waals surface area contributed by atoms with Crippen LogP contribution in [-0.4, -0.2) is 30.0 Å². The minimum Gasteiger partial charge on any atom is -0.352 e. The number of amides is 1. The predicted octanol–water partition coefficient (Wildman–Crippen LogP) is 0.981. The SMILES string of the molecule is CC[C@@H](N)C(=O)NC(C)CCSC. The maximum absolute atomic E-state index is 11.3. The van der Waals surface area contributed by atoms with Crippen LogP contribution in [0.15, 0.2) is 0 Å². The Balaban J connectivity index is 3.64. The molecule has 3 nitrogen and oxygen atoms in total. The van der Waals surface area contributed by atoms with Crippen molar-refractivity contribution in [3.8, 4) is 0 Å². The van der Waals surface area contributed by atoms with E-state index in [1.54, 1.807) is 11.8 Å². The summed E-state index contributed by atoms with van der Waals surface area (Å²) in [6.07, 6.45) is 3.76. The van der Waals surface area contributed by atoms with Crippen molar-refractivity contribution in [1.29, 1.82) is 0 Å². The Hall–Kier alpha value is -0.220. The lowest BCUT2D eigenvalue weighted by Crippen LogP contribution is -2.44. The van der Waals surface area contributed by atoms with Crippen molar-refractivity contribution in [3.63, 3.8) is 0 Å². The fourth-order valence-electron chi connectivity index (χ4n) is 0.902. The summed E-state index contributed by atoms with van der Waals surface area (Å²) in [5.74, 6) is 1.04. The zero-order valence-corrected chi connectivity index (χ0v) is 9.49. The van der Waals surface area contributed by atoms with Crippen LogP contribution >= 0.6 is 11.8 Å². The van der Waals surface area contributed by atoms with E-state index in [0.29, 0.717) is 6.42 Å². The zero-order chi connectivity index (χ0) is 10.3. The van der Waals surface area contributed by atoms with Gasteiger partial charge in [-0.3, -0.25) is 4.79 Å². The van der Waals surface area contributed by atoms with Gasteiger partial charge in [0, 0.05) is 6.04 Å². The Morgan fingerprint density at radius 2 is 2.23 bits per heavy atom. The van der Waals surface area contributed by atoms with Crippen LogP contribution in [0.1, 0.15) is 26.7 Å². The summed E-state index contributed by atoms with van der Waals surface area (Å²) < 4.78 is 0. The van der Waals surface area contributed by atoms with Gasteiger partial charge in [-0.25, -0.2) is 0 Å². The molecular weight excluding hydrogens is 184 g/mol. The number of nitrogens with one attached hydrogen (secondary N) is 1. The first kappa shape index (κ1) is 12.8. The van der Waals surface area contributed by atoms with Crippen LogP contribution in [0.25, 0.3) is 0 Å². The van der Waals surface area contributed by atoms with Crippen LogP contribution in [0, 0.1) is 0 Å². The van der Waals surface area contributed by atoms with Crippen molar-refractivity contribution in [3.05, 3.63) is 0 Å². The third kappa shape index (κ3) is 5.93. The molecule has 1 amide bonds. The Kier molecular flexibility index (Phi) is 7.09. The standard InChI is InChI=1S/C9H20N2OS/c1-4-8(10)9(12)11-7(2)5-6-13-3/h7-8H,4-6,10H2,1-3H3,(H,11,12)/t7?,8-/m1/s1. The van der Waals surface area contributed by atoms with Gasteiger partial charge in [0.05, 0.1) is 6.04 Å². The normalized spacial score (nSPS) is 15.1. The van der Waals surface area contributed by atoms with Gasteiger partial charge in [-0.1, -0.05) is 6.92 Å². The van der Waals surface area contributed by atoms with E-state index in [1.165, 1.54) is 0 Å². The number of nitrogens with two attached hydrogens (primary N) is 1. The lowest BCUT2D eigenvalue weighted by Gasteiger charge is -2.15. The van der Waals surface area contributed by atoms with Crippen LogP contribution in [-0.2, 0) is 4.79 Å². The third-order valence-electron chi connectivity index (χ3n) is 1.92. The molecule has 0 bridgehead atoms. The average molecular weight is 204 g/mol. The Morgan fingerprint density at radius 1 is 1.62 bits per heavy atom. The summed E-state index contributed by atoms with van der Waals surface area (Å²) >= 11 is 1.79. The highest BCUT2D eigenvalue weighted by molar-refractivity contribution is 7.98. The van der Waals surface area contributed by atoms with E-state index in [1.807, 2.05) is 13.8 Å². The molecule has 13 heavy (non-hydrogen) atoms. The molecule has 0 radical (unpaired) electrons. The highest BCUT2D eigenvalue weighted by atomic mass is 32.2. The Labute approximate surface area is 84.8 Å². The first-order chi connectivity index (χ1) is 6.11. The topological polar surface area (TPSA) is 55.1 Å². The molecule has 0 fully saturated rings. The van der Waals surface area contributed by atoms with E-state index < -0.39 is 0 Å².